The van der Waals surface area contributed by atoms with Crippen LogP contribution in [0.15, 0.2) is 18.2 Å². The predicted molar refractivity (Wildman–Crippen MR) is 79.2 cm³/mol. The standard InChI is InChI=1S/C15H19FN2O5/c1-8-13(17-9(2)19)23-15(20)18(8)10-5-6-11(12(16)7-10)14(21-3)22-4/h5-8,13-14H,1-4H3,(H,17,19)/t8?,13-/m0/s1. The Balaban J connectivity index is 2.26. The third-order valence-electron chi connectivity index (χ3n) is 3.56. The number of cyclic esters (lactones) is 1. The maximum atomic E-state index is 14.3. The summed E-state index contributed by atoms with van der Waals surface area (Å²) in [7, 11) is 2.80. The summed E-state index contributed by atoms with van der Waals surface area (Å²) in [6, 6.07) is 3.77. The molecule has 1 unspecified atom stereocenters. The number of hydrogen-bond donors (Lipinski definition) is 1. The van der Waals surface area contributed by atoms with Gasteiger partial charge >= 0.3 is 6.09 Å². The number of hydrogen-bond acceptors (Lipinski definition) is 5. The van der Waals surface area contributed by atoms with Crippen molar-refractivity contribution in [1.82, 2.24) is 5.32 Å². The van der Waals surface area contributed by atoms with Crippen molar-refractivity contribution in [3.63, 3.8) is 0 Å². The van der Waals surface area contributed by atoms with Crippen LogP contribution in [0, 0.1) is 5.82 Å². The van der Waals surface area contributed by atoms with Gasteiger partial charge in [0.2, 0.25) is 5.91 Å². The second kappa shape index (κ2) is 6.93. The van der Waals surface area contributed by atoms with E-state index >= 15 is 0 Å². The van der Waals surface area contributed by atoms with E-state index in [-0.39, 0.29) is 11.5 Å². The molecule has 0 aliphatic carbocycles. The molecular weight excluding hydrogens is 307 g/mol. The van der Waals surface area contributed by atoms with Gasteiger partial charge in [-0.1, -0.05) is 0 Å². The number of halogens is 1. The molecule has 0 spiro atoms. The molecule has 2 rings (SSSR count). The fourth-order valence-electron chi connectivity index (χ4n) is 2.46. The molecule has 1 aromatic rings. The SMILES string of the molecule is COC(OC)c1ccc(N2C(=O)O[C@H](NC(C)=O)C2C)cc1F. The number of carbonyl (C=O) groups excluding carboxylic acids is 2. The van der Waals surface area contributed by atoms with E-state index in [0.29, 0.717) is 5.69 Å². The molecule has 1 fully saturated rings. The van der Waals surface area contributed by atoms with E-state index in [0.717, 1.165) is 0 Å². The van der Waals surface area contributed by atoms with E-state index < -0.39 is 30.5 Å². The number of ether oxygens (including phenoxy) is 3. The third-order valence-corrected chi connectivity index (χ3v) is 3.56. The zero-order valence-electron chi connectivity index (χ0n) is 13.3. The van der Waals surface area contributed by atoms with Crippen LogP contribution in [-0.2, 0) is 19.0 Å². The smallest absolute Gasteiger partial charge is 0.416 e. The van der Waals surface area contributed by atoms with Crippen molar-refractivity contribution in [3.05, 3.63) is 29.6 Å². The van der Waals surface area contributed by atoms with Gasteiger partial charge in [0.15, 0.2) is 12.5 Å². The molecule has 126 valence electrons. The Morgan fingerprint density at radius 2 is 2.04 bits per heavy atom. The number of nitrogens with one attached hydrogen (secondary N) is 1. The van der Waals surface area contributed by atoms with Gasteiger partial charge in [0, 0.05) is 26.7 Å². The summed E-state index contributed by atoms with van der Waals surface area (Å²) < 4.78 is 29.4. The molecule has 1 N–H and O–H groups in total. The molecule has 1 saturated heterocycles. The summed E-state index contributed by atoms with van der Waals surface area (Å²) in [5.41, 5.74) is 0.542. The Morgan fingerprint density at radius 1 is 1.39 bits per heavy atom. The number of nitrogens with zero attached hydrogens (tertiary/aromatic N) is 1. The van der Waals surface area contributed by atoms with E-state index in [9.17, 15) is 14.0 Å². The molecule has 2 atom stereocenters. The van der Waals surface area contributed by atoms with E-state index in [1.54, 1.807) is 13.0 Å². The summed E-state index contributed by atoms with van der Waals surface area (Å²) in [4.78, 5) is 24.4. The Hall–Kier alpha value is -2.19. The molecule has 1 aliphatic heterocycles. The highest BCUT2D eigenvalue weighted by Crippen LogP contribution is 2.30. The zero-order valence-corrected chi connectivity index (χ0v) is 13.3. The molecule has 2 amide bonds. The second-order valence-electron chi connectivity index (χ2n) is 5.12. The topological polar surface area (TPSA) is 77.1 Å². The van der Waals surface area contributed by atoms with Gasteiger partial charge < -0.3 is 19.5 Å². The number of rotatable bonds is 5. The van der Waals surface area contributed by atoms with Crippen LogP contribution in [0.2, 0.25) is 0 Å². The third kappa shape index (κ3) is 3.43. The van der Waals surface area contributed by atoms with Crippen LogP contribution in [0.4, 0.5) is 14.9 Å². The molecule has 7 nitrogen and oxygen atoms in total. The largest absolute Gasteiger partial charge is 0.423 e. The zero-order chi connectivity index (χ0) is 17.1. The van der Waals surface area contributed by atoms with Gasteiger partial charge in [-0.05, 0) is 25.1 Å². The van der Waals surface area contributed by atoms with Crippen LogP contribution in [0.3, 0.4) is 0 Å². The Kier molecular flexibility index (Phi) is 5.17. The van der Waals surface area contributed by atoms with Gasteiger partial charge in [0.25, 0.3) is 0 Å². The van der Waals surface area contributed by atoms with Gasteiger partial charge in [-0.15, -0.1) is 0 Å². The Bertz CT molecular complexity index is 606. The lowest BCUT2D eigenvalue weighted by Crippen LogP contribution is -2.43. The van der Waals surface area contributed by atoms with E-state index in [1.165, 1.54) is 38.2 Å². The molecule has 0 saturated carbocycles. The molecule has 0 radical (unpaired) electrons. The minimum Gasteiger partial charge on any atom is -0.423 e. The predicted octanol–water partition coefficient (Wildman–Crippen LogP) is 1.92. The summed E-state index contributed by atoms with van der Waals surface area (Å²) in [5, 5.41) is 2.53. The number of amides is 2. The first kappa shape index (κ1) is 17.2. The number of anilines is 1. The maximum Gasteiger partial charge on any atom is 0.416 e. The fourth-order valence-corrected chi connectivity index (χ4v) is 2.46. The Labute approximate surface area is 133 Å². The molecular formula is C15H19FN2O5. The van der Waals surface area contributed by atoms with Crippen LogP contribution in [0.5, 0.6) is 0 Å². The molecule has 0 bridgehead atoms. The molecule has 23 heavy (non-hydrogen) atoms. The quantitative estimate of drug-likeness (QED) is 0.837. The average Bonchev–Trinajstić information content (AvgIpc) is 2.75. The van der Waals surface area contributed by atoms with Crippen molar-refractivity contribution >= 4 is 17.7 Å². The Morgan fingerprint density at radius 3 is 2.57 bits per heavy atom. The number of methoxy groups -OCH3 is 2. The molecule has 1 aromatic carbocycles. The van der Waals surface area contributed by atoms with Crippen molar-refractivity contribution in [2.45, 2.75) is 32.4 Å². The van der Waals surface area contributed by atoms with E-state index in [4.69, 9.17) is 14.2 Å². The summed E-state index contributed by atoms with van der Waals surface area (Å²) in [6.45, 7) is 3.03. The lowest BCUT2D eigenvalue weighted by molar-refractivity contribution is -0.121. The second-order valence-corrected chi connectivity index (χ2v) is 5.12. The van der Waals surface area contributed by atoms with Crippen LogP contribution >= 0.6 is 0 Å². The minimum atomic E-state index is -0.834. The molecule has 0 aromatic heterocycles. The molecule has 1 heterocycles. The first-order chi connectivity index (χ1) is 10.9. The normalized spacial score (nSPS) is 20.8. The number of benzene rings is 1. The summed E-state index contributed by atoms with van der Waals surface area (Å²) in [6.07, 6.45) is -2.27. The van der Waals surface area contributed by atoms with Crippen LogP contribution < -0.4 is 10.2 Å². The van der Waals surface area contributed by atoms with E-state index in [1.807, 2.05) is 0 Å². The summed E-state index contributed by atoms with van der Waals surface area (Å²) >= 11 is 0. The summed E-state index contributed by atoms with van der Waals surface area (Å²) in [5.74, 6) is -0.889. The molecule has 8 heteroatoms. The van der Waals surface area contributed by atoms with Crippen LogP contribution in [0.1, 0.15) is 25.7 Å². The highest BCUT2D eigenvalue weighted by atomic mass is 19.1. The first-order valence-corrected chi connectivity index (χ1v) is 7.01. The minimum absolute atomic E-state index is 0.220. The highest BCUT2D eigenvalue weighted by molar-refractivity contribution is 5.91. The van der Waals surface area contributed by atoms with Crippen molar-refractivity contribution in [3.8, 4) is 0 Å². The highest BCUT2D eigenvalue weighted by Gasteiger charge is 2.40. The van der Waals surface area contributed by atoms with Gasteiger partial charge in [-0.3, -0.25) is 9.69 Å². The number of carbonyl (C=O) groups is 2. The van der Waals surface area contributed by atoms with Gasteiger partial charge in [-0.25, -0.2) is 9.18 Å². The van der Waals surface area contributed by atoms with Crippen molar-refractivity contribution in [1.29, 1.82) is 0 Å². The average molecular weight is 326 g/mol. The van der Waals surface area contributed by atoms with Crippen LogP contribution in [0.25, 0.3) is 0 Å². The van der Waals surface area contributed by atoms with Gasteiger partial charge in [0.05, 0.1) is 11.7 Å². The first-order valence-electron chi connectivity index (χ1n) is 7.01. The van der Waals surface area contributed by atoms with Crippen molar-refractivity contribution in [2.75, 3.05) is 19.1 Å². The van der Waals surface area contributed by atoms with Gasteiger partial charge in [-0.2, -0.15) is 0 Å². The van der Waals surface area contributed by atoms with E-state index in [2.05, 4.69) is 5.32 Å². The van der Waals surface area contributed by atoms with Crippen molar-refractivity contribution < 1.29 is 28.2 Å². The monoisotopic (exact) mass is 326 g/mol. The maximum absolute atomic E-state index is 14.3. The van der Waals surface area contributed by atoms with Crippen molar-refractivity contribution in [2.24, 2.45) is 0 Å². The lowest BCUT2D eigenvalue weighted by atomic mass is 10.1. The van der Waals surface area contributed by atoms with Crippen LogP contribution in [-0.4, -0.2) is 38.5 Å². The lowest BCUT2D eigenvalue weighted by Gasteiger charge is -2.22. The molecule has 1 aliphatic rings. The van der Waals surface area contributed by atoms with Gasteiger partial charge in [0.1, 0.15) is 5.82 Å². The fraction of sp³-hybridized carbons (Fsp3) is 0.467.